The van der Waals surface area contributed by atoms with Crippen molar-refractivity contribution in [2.45, 2.75) is 0 Å². The van der Waals surface area contributed by atoms with E-state index >= 15 is 0 Å². The van der Waals surface area contributed by atoms with E-state index in [0.29, 0.717) is 11.3 Å². The number of benzene rings is 1. The minimum Gasteiger partial charge on any atom is -0.372 e. The van der Waals surface area contributed by atoms with Crippen molar-refractivity contribution in [3.8, 4) is 11.3 Å². The monoisotopic (exact) mass is 254 g/mol. The molecule has 0 spiro atoms. The van der Waals surface area contributed by atoms with Gasteiger partial charge in [0.15, 0.2) is 0 Å². The van der Waals surface area contributed by atoms with Crippen molar-refractivity contribution in [3.05, 3.63) is 48.4 Å². The van der Waals surface area contributed by atoms with Crippen LogP contribution in [0, 0.1) is 5.82 Å². The van der Waals surface area contributed by atoms with Gasteiger partial charge in [-0.15, -0.1) is 10.2 Å². The predicted octanol–water partition coefficient (Wildman–Crippen LogP) is 2.87. The second-order valence-electron chi connectivity index (χ2n) is 4.11. The smallest absolute Gasteiger partial charge is 0.148 e. The first-order valence-corrected chi connectivity index (χ1v) is 5.83. The lowest BCUT2D eigenvalue weighted by Gasteiger charge is -2.03. The van der Waals surface area contributed by atoms with Gasteiger partial charge in [0.05, 0.1) is 11.2 Å². The molecule has 2 aromatic heterocycles. The van der Waals surface area contributed by atoms with Gasteiger partial charge >= 0.3 is 0 Å². The molecule has 0 atom stereocenters. The summed E-state index contributed by atoms with van der Waals surface area (Å²) in [5.41, 5.74) is 2.22. The number of fused-ring (bicyclic) bond motifs is 1. The van der Waals surface area contributed by atoms with Gasteiger partial charge < -0.3 is 5.32 Å². The highest BCUT2D eigenvalue weighted by atomic mass is 19.1. The molecule has 0 unspecified atom stereocenters. The third-order valence-electron chi connectivity index (χ3n) is 2.86. The molecule has 0 saturated carbocycles. The van der Waals surface area contributed by atoms with Crippen LogP contribution in [0.15, 0.2) is 42.6 Å². The Morgan fingerprint density at radius 1 is 1.05 bits per heavy atom. The number of nitrogens with zero attached hydrogens (tertiary/aromatic N) is 3. The number of rotatable bonds is 2. The summed E-state index contributed by atoms with van der Waals surface area (Å²) in [7, 11) is 1.79. The van der Waals surface area contributed by atoms with Gasteiger partial charge in [0.1, 0.15) is 11.6 Å². The molecular weight excluding hydrogens is 243 g/mol. The molecule has 3 aromatic rings. The fraction of sp³-hybridized carbons (Fsp3) is 0.0714. The van der Waals surface area contributed by atoms with Crippen LogP contribution in [0.3, 0.4) is 0 Å². The van der Waals surface area contributed by atoms with Gasteiger partial charge in [0.2, 0.25) is 0 Å². The molecule has 1 aromatic carbocycles. The number of aromatic nitrogens is 3. The summed E-state index contributed by atoms with van der Waals surface area (Å²) in [5.74, 6) is 0.422. The average Bonchev–Trinajstić information content (AvgIpc) is 2.47. The molecule has 0 bridgehead atoms. The molecule has 5 heteroatoms. The van der Waals surface area contributed by atoms with Crippen molar-refractivity contribution in [1.29, 1.82) is 0 Å². The van der Waals surface area contributed by atoms with Crippen LogP contribution in [-0.4, -0.2) is 22.2 Å². The largest absolute Gasteiger partial charge is 0.372 e. The molecule has 1 N–H and O–H groups in total. The Kier molecular flexibility index (Phi) is 2.79. The van der Waals surface area contributed by atoms with Gasteiger partial charge in [0, 0.05) is 30.3 Å². The standard InChI is InChI=1S/C14H11FN4/c1-16-14-5-4-12(18-19-14)10-6-9-2-3-11(15)7-13(9)17-8-10/h2-8H,1H3,(H,16,19). The Balaban J connectivity index is 2.06. The van der Waals surface area contributed by atoms with Crippen LogP contribution < -0.4 is 5.32 Å². The highest BCUT2D eigenvalue weighted by Crippen LogP contribution is 2.21. The van der Waals surface area contributed by atoms with Gasteiger partial charge in [-0.3, -0.25) is 4.98 Å². The topological polar surface area (TPSA) is 50.7 Å². The summed E-state index contributed by atoms with van der Waals surface area (Å²) < 4.78 is 13.1. The first-order chi connectivity index (χ1) is 9.26. The van der Waals surface area contributed by atoms with E-state index in [-0.39, 0.29) is 5.82 Å². The molecule has 0 fully saturated rings. The number of hydrogen-bond donors (Lipinski definition) is 1. The van der Waals surface area contributed by atoms with E-state index in [0.717, 1.165) is 16.6 Å². The maximum atomic E-state index is 13.1. The Morgan fingerprint density at radius 2 is 1.95 bits per heavy atom. The molecule has 0 amide bonds. The minimum absolute atomic E-state index is 0.286. The molecule has 94 valence electrons. The van der Waals surface area contributed by atoms with Crippen LogP contribution in [-0.2, 0) is 0 Å². The number of nitrogens with one attached hydrogen (secondary N) is 1. The van der Waals surface area contributed by atoms with Crippen LogP contribution in [0.1, 0.15) is 0 Å². The Labute approximate surface area is 109 Å². The fourth-order valence-corrected chi connectivity index (χ4v) is 1.85. The van der Waals surface area contributed by atoms with Gasteiger partial charge in [-0.25, -0.2) is 4.39 Å². The maximum absolute atomic E-state index is 13.1. The molecule has 3 rings (SSSR count). The second kappa shape index (κ2) is 4.61. The van der Waals surface area contributed by atoms with Crippen molar-refractivity contribution in [2.75, 3.05) is 12.4 Å². The summed E-state index contributed by atoms with van der Waals surface area (Å²) in [6, 6.07) is 10.2. The van der Waals surface area contributed by atoms with Gasteiger partial charge in [0.25, 0.3) is 0 Å². The summed E-state index contributed by atoms with van der Waals surface area (Å²) in [4.78, 5) is 4.24. The Bertz CT molecular complexity index is 725. The maximum Gasteiger partial charge on any atom is 0.148 e. The van der Waals surface area contributed by atoms with Gasteiger partial charge in [-0.05, 0) is 30.3 Å². The highest BCUT2D eigenvalue weighted by molar-refractivity contribution is 5.82. The van der Waals surface area contributed by atoms with Crippen LogP contribution in [0.4, 0.5) is 10.2 Å². The zero-order chi connectivity index (χ0) is 13.2. The summed E-state index contributed by atoms with van der Waals surface area (Å²) in [6.45, 7) is 0. The van der Waals surface area contributed by atoms with E-state index in [9.17, 15) is 4.39 Å². The Hall–Kier alpha value is -2.56. The van der Waals surface area contributed by atoms with Gasteiger partial charge in [-0.2, -0.15) is 0 Å². The highest BCUT2D eigenvalue weighted by Gasteiger charge is 2.04. The van der Waals surface area contributed by atoms with Crippen molar-refractivity contribution in [2.24, 2.45) is 0 Å². The van der Waals surface area contributed by atoms with Crippen LogP contribution in [0.5, 0.6) is 0 Å². The first-order valence-electron chi connectivity index (χ1n) is 5.83. The zero-order valence-corrected chi connectivity index (χ0v) is 10.3. The number of pyridine rings is 1. The van der Waals surface area contributed by atoms with E-state index in [4.69, 9.17) is 0 Å². The van der Waals surface area contributed by atoms with E-state index in [1.807, 2.05) is 18.2 Å². The normalized spacial score (nSPS) is 10.6. The Morgan fingerprint density at radius 3 is 2.68 bits per heavy atom. The van der Waals surface area contributed by atoms with E-state index in [1.165, 1.54) is 12.1 Å². The van der Waals surface area contributed by atoms with E-state index in [2.05, 4.69) is 20.5 Å². The molecular formula is C14H11FN4. The molecule has 4 nitrogen and oxygen atoms in total. The molecule has 0 saturated heterocycles. The van der Waals surface area contributed by atoms with Crippen molar-refractivity contribution in [3.63, 3.8) is 0 Å². The SMILES string of the molecule is CNc1ccc(-c2cnc3cc(F)ccc3c2)nn1. The summed E-state index contributed by atoms with van der Waals surface area (Å²) in [6.07, 6.45) is 1.67. The average molecular weight is 254 g/mol. The van der Waals surface area contributed by atoms with Crippen molar-refractivity contribution < 1.29 is 4.39 Å². The molecule has 2 heterocycles. The van der Waals surface area contributed by atoms with Crippen molar-refractivity contribution in [1.82, 2.24) is 15.2 Å². The lowest BCUT2D eigenvalue weighted by molar-refractivity contribution is 0.629. The first kappa shape index (κ1) is 11.5. The molecule has 0 radical (unpaired) electrons. The van der Waals surface area contributed by atoms with Crippen LogP contribution in [0.25, 0.3) is 22.2 Å². The third-order valence-corrected chi connectivity index (χ3v) is 2.86. The fourth-order valence-electron chi connectivity index (χ4n) is 1.85. The quantitative estimate of drug-likeness (QED) is 0.764. The van der Waals surface area contributed by atoms with E-state index in [1.54, 1.807) is 19.3 Å². The summed E-state index contributed by atoms with van der Waals surface area (Å²) in [5, 5.41) is 11.9. The molecule has 19 heavy (non-hydrogen) atoms. The predicted molar refractivity (Wildman–Crippen MR) is 72.3 cm³/mol. The summed E-state index contributed by atoms with van der Waals surface area (Å²) >= 11 is 0. The minimum atomic E-state index is -0.286. The second-order valence-corrected chi connectivity index (χ2v) is 4.11. The molecule has 0 aliphatic carbocycles. The van der Waals surface area contributed by atoms with E-state index < -0.39 is 0 Å². The third kappa shape index (κ3) is 2.22. The lowest BCUT2D eigenvalue weighted by atomic mass is 10.1. The number of hydrogen-bond acceptors (Lipinski definition) is 4. The zero-order valence-electron chi connectivity index (χ0n) is 10.3. The van der Waals surface area contributed by atoms with Crippen LogP contribution >= 0.6 is 0 Å². The number of anilines is 1. The lowest BCUT2D eigenvalue weighted by Crippen LogP contribution is -1.95. The molecule has 0 aliphatic rings. The van der Waals surface area contributed by atoms with Crippen LogP contribution in [0.2, 0.25) is 0 Å². The number of halogens is 1. The van der Waals surface area contributed by atoms with Gasteiger partial charge in [-0.1, -0.05) is 0 Å². The molecule has 0 aliphatic heterocycles. The van der Waals surface area contributed by atoms with Crippen molar-refractivity contribution >= 4 is 16.7 Å².